The van der Waals surface area contributed by atoms with Gasteiger partial charge in [-0.15, -0.1) is 0 Å². The molecule has 0 saturated carbocycles. The molecule has 2 N–H and O–H groups in total. The number of amides is 2. The Morgan fingerprint density at radius 2 is 2.08 bits per heavy atom. The first-order chi connectivity index (χ1) is 12.5. The van der Waals surface area contributed by atoms with Crippen LogP contribution >= 0.6 is 0 Å². The minimum absolute atomic E-state index is 0.0400. The van der Waals surface area contributed by atoms with Crippen LogP contribution in [-0.2, 0) is 6.54 Å². The molecule has 0 aromatic heterocycles. The standard InChI is InChI=1S/C21H34N4O/c1-16(2)23-21(26)22-12-20-11-18-9-10-25(20)15-19(18)14-24(3)13-17-7-5-4-6-8-17/h4-8,16,18-20H,9-15H2,1-3H3,(H2,22,23,26). The molecule has 3 aliphatic rings. The van der Waals surface area contributed by atoms with Gasteiger partial charge < -0.3 is 15.5 Å². The van der Waals surface area contributed by atoms with Crippen molar-refractivity contribution in [3.05, 3.63) is 35.9 Å². The van der Waals surface area contributed by atoms with E-state index in [2.05, 4.69) is 57.8 Å². The summed E-state index contributed by atoms with van der Waals surface area (Å²) in [7, 11) is 2.24. The predicted octanol–water partition coefficient (Wildman–Crippen LogP) is 2.54. The van der Waals surface area contributed by atoms with Gasteiger partial charge in [-0.25, -0.2) is 4.79 Å². The molecule has 1 aromatic rings. The molecule has 3 saturated heterocycles. The van der Waals surface area contributed by atoms with Gasteiger partial charge in [0.1, 0.15) is 0 Å². The topological polar surface area (TPSA) is 47.6 Å². The smallest absolute Gasteiger partial charge is 0.315 e. The maximum Gasteiger partial charge on any atom is 0.315 e. The molecule has 2 bridgehead atoms. The SMILES string of the molecule is CC(C)NC(=O)NCC1CC2CCN1CC2CN(C)Cc1ccccc1. The summed E-state index contributed by atoms with van der Waals surface area (Å²) in [6.45, 7) is 9.27. The number of rotatable bonds is 7. The number of fused-ring (bicyclic) bond motifs is 3. The Morgan fingerprint density at radius 3 is 2.73 bits per heavy atom. The van der Waals surface area contributed by atoms with Gasteiger partial charge in [-0.2, -0.15) is 0 Å². The molecule has 5 nitrogen and oxygen atoms in total. The Hall–Kier alpha value is -1.59. The summed E-state index contributed by atoms with van der Waals surface area (Å²) in [5.74, 6) is 1.54. The van der Waals surface area contributed by atoms with Crippen LogP contribution in [0.4, 0.5) is 4.79 Å². The van der Waals surface area contributed by atoms with E-state index in [9.17, 15) is 4.79 Å². The Balaban J connectivity index is 1.45. The monoisotopic (exact) mass is 358 g/mol. The first kappa shape index (κ1) is 19.2. The zero-order valence-electron chi connectivity index (χ0n) is 16.4. The largest absolute Gasteiger partial charge is 0.337 e. The van der Waals surface area contributed by atoms with Crippen LogP contribution in [0.5, 0.6) is 0 Å². The van der Waals surface area contributed by atoms with Crippen LogP contribution in [0.3, 0.4) is 0 Å². The highest BCUT2D eigenvalue weighted by molar-refractivity contribution is 5.74. The molecule has 4 rings (SSSR count). The molecule has 3 fully saturated rings. The average Bonchev–Trinajstić information content (AvgIpc) is 2.61. The van der Waals surface area contributed by atoms with Crippen molar-refractivity contribution in [1.29, 1.82) is 0 Å². The predicted molar refractivity (Wildman–Crippen MR) is 106 cm³/mol. The van der Waals surface area contributed by atoms with Crippen LogP contribution < -0.4 is 10.6 Å². The molecule has 2 amide bonds. The van der Waals surface area contributed by atoms with Crippen LogP contribution in [0.25, 0.3) is 0 Å². The fourth-order valence-electron chi connectivity index (χ4n) is 4.55. The molecule has 0 spiro atoms. The molecule has 0 radical (unpaired) electrons. The lowest BCUT2D eigenvalue weighted by atomic mass is 9.75. The summed E-state index contributed by atoms with van der Waals surface area (Å²) >= 11 is 0. The Morgan fingerprint density at radius 1 is 1.31 bits per heavy atom. The second kappa shape index (κ2) is 8.87. The number of nitrogens with zero attached hydrogens (tertiary/aromatic N) is 2. The molecule has 0 aliphatic carbocycles. The molecule has 4 atom stereocenters. The molecular formula is C21H34N4O. The first-order valence-electron chi connectivity index (χ1n) is 10.0. The number of hydrogen-bond acceptors (Lipinski definition) is 3. The third-order valence-electron chi connectivity index (χ3n) is 5.77. The summed E-state index contributed by atoms with van der Waals surface area (Å²) in [5.41, 5.74) is 1.38. The van der Waals surface area contributed by atoms with E-state index in [4.69, 9.17) is 0 Å². The van der Waals surface area contributed by atoms with Gasteiger partial charge in [-0.05, 0) is 57.7 Å². The van der Waals surface area contributed by atoms with Gasteiger partial charge in [0.2, 0.25) is 0 Å². The highest BCUT2D eigenvalue weighted by Gasteiger charge is 2.40. The molecule has 3 heterocycles. The maximum absolute atomic E-state index is 11.8. The van der Waals surface area contributed by atoms with Crippen molar-refractivity contribution in [1.82, 2.24) is 20.4 Å². The van der Waals surface area contributed by atoms with E-state index in [1.807, 2.05) is 13.8 Å². The molecule has 3 aliphatic heterocycles. The number of benzene rings is 1. The summed E-state index contributed by atoms with van der Waals surface area (Å²) in [6.07, 6.45) is 2.52. The van der Waals surface area contributed by atoms with E-state index < -0.39 is 0 Å². The van der Waals surface area contributed by atoms with Gasteiger partial charge >= 0.3 is 6.03 Å². The maximum atomic E-state index is 11.8. The lowest BCUT2D eigenvalue weighted by molar-refractivity contribution is -0.00902. The van der Waals surface area contributed by atoms with Gasteiger partial charge in [0, 0.05) is 38.3 Å². The third-order valence-corrected chi connectivity index (χ3v) is 5.77. The van der Waals surface area contributed by atoms with E-state index >= 15 is 0 Å². The van der Waals surface area contributed by atoms with Crippen molar-refractivity contribution < 1.29 is 4.79 Å². The van der Waals surface area contributed by atoms with Crippen LogP contribution in [0.2, 0.25) is 0 Å². The minimum Gasteiger partial charge on any atom is -0.337 e. The number of carbonyl (C=O) groups excluding carboxylic acids is 1. The zero-order chi connectivity index (χ0) is 18.5. The Bertz CT molecular complexity index is 577. The highest BCUT2D eigenvalue weighted by atomic mass is 16.2. The number of carbonyl (C=O) groups is 1. The van der Waals surface area contributed by atoms with Crippen LogP contribution in [0.15, 0.2) is 30.3 Å². The minimum atomic E-state index is -0.0400. The fourth-order valence-corrected chi connectivity index (χ4v) is 4.55. The Labute approximate surface area is 158 Å². The number of nitrogens with one attached hydrogen (secondary N) is 2. The first-order valence-corrected chi connectivity index (χ1v) is 10.0. The van der Waals surface area contributed by atoms with Crippen molar-refractivity contribution in [2.45, 2.75) is 45.3 Å². The Kier molecular flexibility index (Phi) is 6.54. The quantitative estimate of drug-likeness (QED) is 0.787. The van der Waals surface area contributed by atoms with Gasteiger partial charge in [0.15, 0.2) is 0 Å². The van der Waals surface area contributed by atoms with Crippen molar-refractivity contribution >= 4 is 6.03 Å². The van der Waals surface area contributed by atoms with Crippen LogP contribution in [0, 0.1) is 11.8 Å². The number of piperidine rings is 3. The summed E-state index contributed by atoms with van der Waals surface area (Å²) in [6, 6.07) is 11.4. The van der Waals surface area contributed by atoms with Crippen molar-refractivity contribution in [3.63, 3.8) is 0 Å². The second-order valence-corrected chi connectivity index (χ2v) is 8.38. The zero-order valence-corrected chi connectivity index (χ0v) is 16.4. The van der Waals surface area contributed by atoms with Crippen molar-refractivity contribution in [2.24, 2.45) is 11.8 Å². The molecule has 144 valence electrons. The molecule has 4 unspecified atom stereocenters. The van der Waals surface area contributed by atoms with E-state index in [0.29, 0.717) is 6.04 Å². The van der Waals surface area contributed by atoms with Crippen LogP contribution in [0.1, 0.15) is 32.3 Å². The molecule has 5 heteroatoms. The van der Waals surface area contributed by atoms with Gasteiger partial charge in [0.05, 0.1) is 0 Å². The lowest BCUT2D eigenvalue weighted by Gasteiger charge is -2.50. The van der Waals surface area contributed by atoms with Gasteiger partial charge in [0.25, 0.3) is 0 Å². The molecule has 1 aromatic carbocycles. The van der Waals surface area contributed by atoms with E-state index in [0.717, 1.165) is 31.5 Å². The van der Waals surface area contributed by atoms with Gasteiger partial charge in [-0.1, -0.05) is 30.3 Å². The van der Waals surface area contributed by atoms with Crippen LogP contribution in [-0.4, -0.2) is 61.1 Å². The van der Waals surface area contributed by atoms with Gasteiger partial charge in [-0.3, -0.25) is 4.90 Å². The summed E-state index contributed by atoms with van der Waals surface area (Å²) in [4.78, 5) is 16.9. The molecule has 26 heavy (non-hydrogen) atoms. The second-order valence-electron chi connectivity index (χ2n) is 8.38. The van der Waals surface area contributed by atoms with Crippen molar-refractivity contribution in [2.75, 3.05) is 33.2 Å². The number of urea groups is 1. The molecular weight excluding hydrogens is 324 g/mol. The van der Waals surface area contributed by atoms with E-state index in [1.165, 1.54) is 31.5 Å². The summed E-state index contributed by atoms with van der Waals surface area (Å²) in [5, 5.41) is 5.96. The van der Waals surface area contributed by atoms with E-state index in [-0.39, 0.29) is 12.1 Å². The van der Waals surface area contributed by atoms with Crippen molar-refractivity contribution in [3.8, 4) is 0 Å². The normalized spacial score (nSPS) is 27.7. The summed E-state index contributed by atoms with van der Waals surface area (Å²) < 4.78 is 0. The third kappa shape index (κ3) is 5.21. The lowest BCUT2D eigenvalue weighted by Crippen LogP contribution is -2.58. The van der Waals surface area contributed by atoms with E-state index in [1.54, 1.807) is 0 Å². The average molecular weight is 359 g/mol. The number of hydrogen-bond donors (Lipinski definition) is 2. The highest BCUT2D eigenvalue weighted by Crippen LogP contribution is 2.36. The fraction of sp³-hybridized carbons (Fsp3) is 0.667.